The van der Waals surface area contributed by atoms with Gasteiger partial charge >= 0.3 is 5.97 Å². The van der Waals surface area contributed by atoms with Crippen LogP contribution in [0, 0.1) is 0 Å². The minimum Gasteiger partial charge on any atom is -0.464 e. The molecule has 0 aromatic carbocycles. The summed E-state index contributed by atoms with van der Waals surface area (Å²) >= 11 is 0. The van der Waals surface area contributed by atoms with Gasteiger partial charge in [0.2, 0.25) is 0 Å². The van der Waals surface area contributed by atoms with E-state index in [4.69, 9.17) is 4.74 Å². The Labute approximate surface area is 163 Å². The van der Waals surface area contributed by atoms with Gasteiger partial charge in [-0.2, -0.15) is 5.10 Å². The summed E-state index contributed by atoms with van der Waals surface area (Å²) in [6.45, 7) is 4.75. The van der Waals surface area contributed by atoms with Gasteiger partial charge in [0, 0.05) is 12.6 Å². The highest BCUT2D eigenvalue weighted by molar-refractivity contribution is 6.04. The predicted molar refractivity (Wildman–Crippen MR) is 104 cm³/mol. The summed E-state index contributed by atoms with van der Waals surface area (Å²) in [6, 6.07) is 3.55. The Kier molecular flexibility index (Phi) is 5.43. The van der Waals surface area contributed by atoms with Crippen molar-refractivity contribution in [3.63, 3.8) is 0 Å². The number of nitrogens with one attached hydrogen (secondary N) is 3. The molecule has 0 spiro atoms. The van der Waals surface area contributed by atoms with Crippen LogP contribution in [0.1, 0.15) is 43.1 Å². The summed E-state index contributed by atoms with van der Waals surface area (Å²) in [4.78, 5) is 31.4. The Balaban J connectivity index is 1.52. The van der Waals surface area contributed by atoms with Crippen molar-refractivity contribution in [1.29, 1.82) is 0 Å². The zero-order chi connectivity index (χ0) is 19.5. The average Bonchev–Trinajstić information content (AvgIpc) is 3.35. The van der Waals surface area contributed by atoms with Crippen LogP contribution in [0.5, 0.6) is 0 Å². The Morgan fingerprint density at radius 3 is 2.89 bits per heavy atom. The first-order valence-corrected chi connectivity index (χ1v) is 9.97. The van der Waals surface area contributed by atoms with Crippen LogP contribution in [0.3, 0.4) is 0 Å². The smallest absolute Gasteiger partial charge is 0.328 e. The Morgan fingerprint density at radius 2 is 2.11 bits per heavy atom. The molecule has 2 aliphatic rings. The van der Waals surface area contributed by atoms with E-state index in [1.807, 2.05) is 24.0 Å². The number of rotatable bonds is 5. The van der Waals surface area contributed by atoms with E-state index in [1.54, 1.807) is 0 Å². The van der Waals surface area contributed by atoms with Gasteiger partial charge in [-0.1, -0.05) is 0 Å². The van der Waals surface area contributed by atoms with Gasteiger partial charge in [-0.25, -0.2) is 9.78 Å². The number of piperidine rings is 1. The molecule has 0 radical (unpaired) electrons. The van der Waals surface area contributed by atoms with Gasteiger partial charge in [0.25, 0.3) is 5.91 Å². The van der Waals surface area contributed by atoms with Crippen LogP contribution in [0.2, 0.25) is 0 Å². The number of fused-ring (bicyclic) bond motifs is 1. The highest BCUT2D eigenvalue weighted by Gasteiger charge is 2.33. The fourth-order valence-corrected chi connectivity index (χ4v) is 3.97. The van der Waals surface area contributed by atoms with E-state index in [2.05, 4.69) is 25.8 Å². The second-order valence-corrected chi connectivity index (χ2v) is 7.24. The van der Waals surface area contributed by atoms with Crippen LogP contribution in [-0.2, 0) is 9.53 Å². The molecule has 0 unspecified atom stereocenters. The molecule has 9 heteroatoms. The number of aromatic amines is 1. The van der Waals surface area contributed by atoms with Crippen molar-refractivity contribution in [3.05, 3.63) is 17.8 Å². The van der Waals surface area contributed by atoms with Gasteiger partial charge in [-0.05, 0) is 57.8 Å². The van der Waals surface area contributed by atoms with E-state index in [0.717, 1.165) is 45.3 Å². The third-order valence-corrected chi connectivity index (χ3v) is 5.40. The maximum atomic E-state index is 12.6. The van der Waals surface area contributed by atoms with Gasteiger partial charge in [-0.15, -0.1) is 0 Å². The van der Waals surface area contributed by atoms with Gasteiger partial charge in [0.15, 0.2) is 11.3 Å². The van der Waals surface area contributed by atoms with Gasteiger partial charge in [0.1, 0.15) is 11.9 Å². The first kappa shape index (κ1) is 18.7. The summed E-state index contributed by atoms with van der Waals surface area (Å²) in [5, 5.41) is 14.1. The highest BCUT2D eigenvalue weighted by Crippen LogP contribution is 2.27. The molecule has 1 amide bonds. The maximum absolute atomic E-state index is 12.6. The standard InChI is InChI=1S/C19H26N6O3/c1-2-28-19(27)14-4-3-11-25(14)15-6-5-13-16(23-24-17(13)22-15)18(26)21-12-7-9-20-10-8-12/h5-6,12,14,20H,2-4,7-11H2,1H3,(H,21,26)(H,22,23,24)/t14-/m1/s1. The molecule has 2 fully saturated rings. The molecule has 2 aliphatic heterocycles. The van der Waals surface area contributed by atoms with Crippen molar-refractivity contribution >= 4 is 28.7 Å². The molecule has 2 saturated heterocycles. The number of esters is 1. The van der Waals surface area contributed by atoms with Crippen molar-refractivity contribution < 1.29 is 14.3 Å². The Bertz CT molecular complexity index is 860. The molecule has 2 aromatic heterocycles. The van der Waals surface area contributed by atoms with Crippen LogP contribution in [-0.4, -0.2) is 65.4 Å². The van der Waals surface area contributed by atoms with E-state index in [1.165, 1.54) is 0 Å². The fourth-order valence-electron chi connectivity index (χ4n) is 3.97. The SMILES string of the molecule is CCOC(=O)[C@H]1CCCN1c1ccc2c(C(=O)NC3CCNCC3)n[nH]c2n1. The van der Waals surface area contributed by atoms with Crippen LogP contribution in [0.25, 0.3) is 11.0 Å². The Hall–Kier alpha value is -2.68. The van der Waals surface area contributed by atoms with Gasteiger partial charge < -0.3 is 20.3 Å². The summed E-state index contributed by atoms with van der Waals surface area (Å²) in [7, 11) is 0. The molecule has 4 heterocycles. The third kappa shape index (κ3) is 3.66. The van der Waals surface area contributed by atoms with E-state index >= 15 is 0 Å². The molecule has 0 saturated carbocycles. The molecule has 2 aromatic rings. The molecular formula is C19H26N6O3. The minimum atomic E-state index is -0.310. The lowest BCUT2D eigenvalue weighted by Crippen LogP contribution is -2.42. The second-order valence-electron chi connectivity index (χ2n) is 7.24. The number of carbonyl (C=O) groups excluding carboxylic acids is 2. The predicted octanol–water partition coefficient (Wildman–Crippen LogP) is 0.972. The molecule has 3 N–H and O–H groups in total. The summed E-state index contributed by atoms with van der Waals surface area (Å²) in [5.41, 5.74) is 0.901. The zero-order valence-corrected chi connectivity index (χ0v) is 16.0. The lowest BCUT2D eigenvalue weighted by atomic mass is 10.1. The van der Waals surface area contributed by atoms with Crippen LogP contribution in [0.15, 0.2) is 12.1 Å². The summed E-state index contributed by atoms with van der Waals surface area (Å²) in [6.07, 6.45) is 3.50. The molecule has 28 heavy (non-hydrogen) atoms. The van der Waals surface area contributed by atoms with E-state index in [0.29, 0.717) is 29.2 Å². The molecule has 4 rings (SSSR count). The number of carbonyl (C=O) groups is 2. The summed E-state index contributed by atoms with van der Waals surface area (Å²) in [5.74, 6) is 0.295. The number of hydrogen-bond donors (Lipinski definition) is 3. The number of hydrogen-bond acceptors (Lipinski definition) is 7. The molecule has 0 bridgehead atoms. The van der Waals surface area contributed by atoms with E-state index in [9.17, 15) is 9.59 Å². The number of H-pyrrole nitrogens is 1. The highest BCUT2D eigenvalue weighted by atomic mass is 16.5. The molecule has 0 aliphatic carbocycles. The third-order valence-electron chi connectivity index (χ3n) is 5.40. The molecule has 150 valence electrons. The average molecular weight is 386 g/mol. The lowest BCUT2D eigenvalue weighted by Gasteiger charge is -2.24. The van der Waals surface area contributed by atoms with Crippen molar-refractivity contribution in [3.8, 4) is 0 Å². The number of anilines is 1. The van der Waals surface area contributed by atoms with Crippen LogP contribution in [0.4, 0.5) is 5.82 Å². The molecule has 9 nitrogen and oxygen atoms in total. The second kappa shape index (κ2) is 8.14. The number of amides is 1. The van der Waals surface area contributed by atoms with Crippen LogP contribution >= 0.6 is 0 Å². The monoisotopic (exact) mass is 386 g/mol. The van der Waals surface area contributed by atoms with Gasteiger partial charge in [-0.3, -0.25) is 9.89 Å². The fraction of sp³-hybridized carbons (Fsp3) is 0.579. The first-order chi connectivity index (χ1) is 13.7. The van der Waals surface area contributed by atoms with E-state index < -0.39 is 0 Å². The summed E-state index contributed by atoms with van der Waals surface area (Å²) < 4.78 is 5.19. The van der Waals surface area contributed by atoms with Crippen molar-refractivity contribution in [2.24, 2.45) is 0 Å². The number of pyridine rings is 1. The molecule has 1 atom stereocenters. The first-order valence-electron chi connectivity index (χ1n) is 9.97. The van der Waals surface area contributed by atoms with Crippen molar-refractivity contribution in [1.82, 2.24) is 25.8 Å². The number of ether oxygens (including phenoxy) is 1. The number of nitrogens with zero attached hydrogens (tertiary/aromatic N) is 3. The van der Waals surface area contributed by atoms with Crippen molar-refractivity contribution in [2.45, 2.75) is 44.7 Å². The van der Waals surface area contributed by atoms with Crippen molar-refractivity contribution in [2.75, 3.05) is 31.1 Å². The molecular weight excluding hydrogens is 360 g/mol. The normalized spacial score (nSPS) is 20.5. The quantitative estimate of drug-likeness (QED) is 0.657. The van der Waals surface area contributed by atoms with Gasteiger partial charge in [0.05, 0.1) is 12.0 Å². The number of aromatic nitrogens is 3. The minimum absolute atomic E-state index is 0.169. The maximum Gasteiger partial charge on any atom is 0.328 e. The topological polar surface area (TPSA) is 112 Å². The zero-order valence-electron chi connectivity index (χ0n) is 16.0. The Morgan fingerprint density at radius 1 is 1.29 bits per heavy atom. The lowest BCUT2D eigenvalue weighted by molar-refractivity contribution is -0.144. The largest absolute Gasteiger partial charge is 0.464 e. The van der Waals surface area contributed by atoms with Crippen LogP contribution < -0.4 is 15.5 Å². The van der Waals surface area contributed by atoms with E-state index in [-0.39, 0.29) is 24.0 Å².